The molecule has 0 N–H and O–H groups in total. The van der Waals surface area contributed by atoms with E-state index in [1.54, 1.807) is 0 Å². The molecule has 12 aromatic rings. The monoisotopic (exact) mass is 775 g/mol. The topological polar surface area (TPSA) is 30.7 Å². The summed E-state index contributed by atoms with van der Waals surface area (Å²) in [6, 6.07) is 80.4. The van der Waals surface area contributed by atoms with E-state index in [4.69, 9.17) is 9.97 Å². The molecule has 0 atom stereocenters. The van der Waals surface area contributed by atoms with Crippen molar-refractivity contribution in [3.05, 3.63) is 224 Å². The van der Waals surface area contributed by atoms with Gasteiger partial charge in [-0.25, -0.2) is 9.97 Å². The van der Waals surface area contributed by atoms with E-state index in [2.05, 4.69) is 223 Å². The highest BCUT2D eigenvalue weighted by Crippen LogP contribution is 2.47. The lowest BCUT2D eigenvalue weighted by Gasteiger charge is -2.19. The number of hydrogen-bond acceptors (Lipinski definition) is 2. The van der Waals surface area contributed by atoms with Gasteiger partial charge in [0, 0.05) is 38.5 Å². The number of fused-ring (bicyclic) bond motifs is 7. The van der Waals surface area contributed by atoms with Crippen molar-refractivity contribution in [1.82, 2.24) is 14.5 Å². The highest BCUT2D eigenvalue weighted by molar-refractivity contribution is 6.27. The second-order valence-corrected chi connectivity index (χ2v) is 15.7. The van der Waals surface area contributed by atoms with Gasteiger partial charge < -0.3 is 4.57 Å². The van der Waals surface area contributed by atoms with Crippen LogP contribution in [0.25, 0.3) is 116 Å². The molecule has 3 heteroatoms. The number of nitrogens with zero attached hydrogens (tertiary/aromatic N) is 3. The van der Waals surface area contributed by atoms with E-state index in [1.165, 1.54) is 65.4 Å². The molecule has 10 aromatic carbocycles. The van der Waals surface area contributed by atoms with Gasteiger partial charge in [-0.2, -0.15) is 0 Å². The molecule has 2 aromatic heterocycles. The van der Waals surface area contributed by atoms with Crippen LogP contribution in [-0.4, -0.2) is 14.5 Å². The van der Waals surface area contributed by atoms with Crippen molar-refractivity contribution in [2.75, 3.05) is 0 Å². The third kappa shape index (κ3) is 5.74. The normalized spacial score (nSPS) is 11.6. The third-order valence-corrected chi connectivity index (χ3v) is 12.2. The van der Waals surface area contributed by atoms with Crippen LogP contribution in [0.2, 0.25) is 0 Å². The summed E-state index contributed by atoms with van der Waals surface area (Å²) < 4.78 is 2.37. The first-order valence-electron chi connectivity index (χ1n) is 20.8. The minimum Gasteiger partial charge on any atom is -0.309 e. The molecule has 0 saturated carbocycles. The van der Waals surface area contributed by atoms with Crippen LogP contribution in [0.1, 0.15) is 0 Å². The Morgan fingerprint density at radius 2 is 0.885 bits per heavy atom. The average molecular weight is 776 g/mol. The molecular weight excluding hydrogens is 739 g/mol. The maximum atomic E-state index is 5.45. The van der Waals surface area contributed by atoms with Gasteiger partial charge in [-0.15, -0.1) is 0 Å². The fraction of sp³-hybridized carbons (Fsp3) is 0. The zero-order valence-corrected chi connectivity index (χ0v) is 33.2. The summed E-state index contributed by atoms with van der Waals surface area (Å²) in [4.78, 5) is 10.8. The second-order valence-electron chi connectivity index (χ2n) is 15.7. The standard InChI is InChI=1S/C58H37N3/c1-4-18-41(19-5-1)54-46-25-12-13-26-47(46)57(56-45-24-11-10-17-38(45)35-36-49(54)56)51-37-50(59-58(60-51)42-20-6-2-7-21-42)40-33-31-39(32-34-40)44-28-16-30-53-55(44)48-27-14-15-29-52(48)61(53)43-22-8-3-9-23-43/h1-37H. The highest BCUT2D eigenvalue weighted by Gasteiger charge is 2.22. The number of para-hydroxylation sites is 2. The zero-order valence-electron chi connectivity index (χ0n) is 33.2. The summed E-state index contributed by atoms with van der Waals surface area (Å²) in [7, 11) is 0. The summed E-state index contributed by atoms with van der Waals surface area (Å²) in [6.45, 7) is 0. The summed E-state index contributed by atoms with van der Waals surface area (Å²) in [6.07, 6.45) is 0. The molecule has 284 valence electrons. The van der Waals surface area contributed by atoms with Crippen LogP contribution in [0.5, 0.6) is 0 Å². The maximum Gasteiger partial charge on any atom is 0.160 e. The summed E-state index contributed by atoms with van der Waals surface area (Å²) >= 11 is 0. The fourth-order valence-electron chi connectivity index (χ4n) is 9.51. The van der Waals surface area contributed by atoms with Crippen molar-refractivity contribution in [3.63, 3.8) is 0 Å². The van der Waals surface area contributed by atoms with E-state index in [-0.39, 0.29) is 0 Å². The maximum absolute atomic E-state index is 5.45. The van der Waals surface area contributed by atoms with E-state index in [0.29, 0.717) is 5.82 Å². The van der Waals surface area contributed by atoms with Crippen LogP contribution >= 0.6 is 0 Å². The third-order valence-electron chi connectivity index (χ3n) is 12.2. The molecular formula is C58H37N3. The first-order chi connectivity index (χ1) is 30.3. The lowest BCUT2D eigenvalue weighted by molar-refractivity contribution is 1.18. The van der Waals surface area contributed by atoms with Gasteiger partial charge in [0.15, 0.2) is 5.82 Å². The van der Waals surface area contributed by atoms with Gasteiger partial charge in [0.2, 0.25) is 0 Å². The van der Waals surface area contributed by atoms with Crippen LogP contribution in [0.3, 0.4) is 0 Å². The van der Waals surface area contributed by atoms with E-state index in [9.17, 15) is 0 Å². The van der Waals surface area contributed by atoms with E-state index in [1.807, 2.05) is 6.07 Å². The Labute approximate surface area is 353 Å². The van der Waals surface area contributed by atoms with Crippen LogP contribution < -0.4 is 0 Å². The molecule has 2 heterocycles. The minimum atomic E-state index is 0.695. The van der Waals surface area contributed by atoms with Gasteiger partial charge in [-0.05, 0) is 79.5 Å². The lowest BCUT2D eigenvalue weighted by Crippen LogP contribution is -1.98. The molecule has 0 aliphatic carbocycles. The molecule has 0 radical (unpaired) electrons. The lowest BCUT2D eigenvalue weighted by atomic mass is 9.85. The van der Waals surface area contributed by atoms with Gasteiger partial charge in [0.1, 0.15) is 0 Å². The molecule has 0 aliphatic heterocycles. The second kappa shape index (κ2) is 14.3. The molecule has 0 fully saturated rings. The largest absolute Gasteiger partial charge is 0.309 e. The molecule has 0 saturated heterocycles. The van der Waals surface area contributed by atoms with Crippen molar-refractivity contribution < 1.29 is 0 Å². The predicted octanol–water partition coefficient (Wildman–Crippen LogP) is 15.4. The Morgan fingerprint density at radius 1 is 0.311 bits per heavy atom. The van der Waals surface area contributed by atoms with Crippen LogP contribution in [0, 0.1) is 0 Å². The molecule has 12 rings (SSSR count). The summed E-state index contributed by atoms with van der Waals surface area (Å²) in [5.41, 5.74) is 13.2. The molecule has 0 amide bonds. The molecule has 3 nitrogen and oxygen atoms in total. The van der Waals surface area contributed by atoms with Gasteiger partial charge in [-0.1, -0.05) is 194 Å². The van der Waals surface area contributed by atoms with Crippen molar-refractivity contribution in [2.24, 2.45) is 0 Å². The van der Waals surface area contributed by atoms with Crippen molar-refractivity contribution in [1.29, 1.82) is 0 Å². The number of benzene rings is 10. The van der Waals surface area contributed by atoms with Gasteiger partial charge in [-0.3, -0.25) is 0 Å². The molecule has 0 aliphatic rings. The van der Waals surface area contributed by atoms with Crippen LogP contribution in [0.4, 0.5) is 0 Å². The van der Waals surface area contributed by atoms with E-state index in [0.717, 1.165) is 44.7 Å². The smallest absolute Gasteiger partial charge is 0.160 e. The van der Waals surface area contributed by atoms with E-state index >= 15 is 0 Å². The predicted molar refractivity (Wildman–Crippen MR) is 256 cm³/mol. The van der Waals surface area contributed by atoms with Gasteiger partial charge in [0.25, 0.3) is 0 Å². The average Bonchev–Trinajstić information content (AvgIpc) is 3.68. The molecule has 61 heavy (non-hydrogen) atoms. The molecule has 0 unspecified atom stereocenters. The number of aromatic nitrogens is 3. The van der Waals surface area contributed by atoms with Crippen molar-refractivity contribution >= 4 is 54.1 Å². The number of rotatable bonds is 6. The van der Waals surface area contributed by atoms with Crippen molar-refractivity contribution in [2.45, 2.75) is 0 Å². The highest BCUT2D eigenvalue weighted by atomic mass is 15.0. The van der Waals surface area contributed by atoms with Crippen molar-refractivity contribution in [3.8, 4) is 61.8 Å². The fourth-order valence-corrected chi connectivity index (χ4v) is 9.51. The Morgan fingerprint density at radius 3 is 1.64 bits per heavy atom. The quantitative estimate of drug-likeness (QED) is 0.124. The first kappa shape index (κ1) is 34.9. The van der Waals surface area contributed by atoms with E-state index < -0.39 is 0 Å². The zero-order chi connectivity index (χ0) is 40.3. The Balaban J connectivity index is 1.08. The Bertz CT molecular complexity index is 3610. The SMILES string of the molecule is c1ccc(-c2nc(-c3ccc(-c4cccc5c4c4ccccc4n5-c4ccccc4)cc3)cc(-c3c4ccccc4c(-c4ccccc4)c4ccc5ccccc5c34)n2)cc1. The summed E-state index contributed by atoms with van der Waals surface area (Å²) in [5.74, 6) is 0.695. The summed E-state index contributed by atoms with van der Waals surface area (Å²) in [5, 5.41) is 9.62. The van der Waals surface area contributed by atoms with Crippen LogP contribution in [0.15, 0.2) is 224 Å². The minimum absolute atomic E-state index is 0.695. The molecule has 0 spiro atoms. The Hall–Kier alpha value is -8.14. The number of hydrogen-bond donors (Lipinski definition) is 0. The van der Waals surface area contributed by atoms with Gasteiger partial charge in [0.05, 0.1) is 22.4 Å². The first-order valence-corrected chi connectivity index (χ1v) is 20.8. The molecule has 0 bridgehead atoms. The van der Waals surface area contributed by atoms with Gasteiger partial charge >= 0.3 is 0 Å². The van der Waals surface area contributed by atoms with Crippen LogP contribution in [-0.2, 0) is 0 Å². The Kier molecular flexibility index (Phi) is 8.17.